The molecule has 0 spiro atoms. The third-order valence-corrected chi connectivity index (χ3v) is 5.46. The molecule has 1 aliphatic rings. The molecule has 1 fully saturated rings. The number of hydrogen-bond acceptors (Lipinski definition) is 5. The molecule has 3 aromatic heterocycles. The fourth-order valence-corrected chi connectivity index (χ4v) is 4.14. The highest BCUT2D eigenvalue weighted by molar-refractivity contribution is 7.09. The van der Waals surface area contributed by atoms with Gasteiger partial charge in [-0.15, -0.1) is 11.3 Å². The first-order chi connectivity index (χ1) is 12.3. The van der Waals surface area contributed by atoms with E-state index in [9.17, 15) is 4.79 Å². The number of thiophene rings is 1. The number of nitrogens with one attached hydrogen (secondary N) is 1. The highest BCUT2D eigenvalue weighted by Gasteiger charge is 2.23. The Morgan fingerprint density at radius 3 is 2.96 bits per heavy atom. The zero-order chi connectivity index (χ0) is 17.1. The summed E-state index contributed by atoms with van der Waals surface area (Å²) in [6.45, 7) is 3.04. The Labute approximate surface area is 150 Å². The van der Waals surface area contributed by atoms with Crippen molar-refractivity contribution in [1.82, 2.24) is 19.9 Å². The number of hydrogen-bond donors (Lipinski definition) is 1. The van der Waals surface area contributed by atoms with Gasteiger partial charge in [0.2, 0.25) is 0 Å². The molecule has 5 nitrogen and oxygen atoms in total. The molecule has 25 heavy (non-hydrogen) atoms. The van der Waals surface area contributed by atoms with Crippen molar-refractivity contribution >= 4 is 11.3 Å². The summed E-state index contributed by atoms with van der Waals surface area (Å²) >= 11 is 1.80. The molecule has 128 valence electrons. The summed E-state index contributed by atoms with van der Waals surface area (Å²) in [5, 5.41) is 2.12. The molecular formula is C19H20N4OS. The van der Waals surface area contributed by atoms with Crippen LogP contribution in [0, 0.1) is 0 Å². The smallest absolute Gasteiger partial charge is 0.251 e. The lowest BCUT2D eigenvalue weighted by Gasteiger charge is -2.32. The number of rotatable bonds is 4. The van der Waals surface area contributed by atoms with Crippen molar-refractivity contribution in [2.75, 3.05) is 13.1 Å². The fourth-order valence-electron chi connectivity index (χ4n) is 3.40. The van der Waals surface area contributed by atoms with Gasteiger partial charge in [-0.3, -0.25) is 14.7 Å². The van der Waals surface area contributed by atoms with Crippen LogP contribution in [0.2, 0.25) is 0 Å². The number of pyridine rings is 1. The molecule has 4 rings (SSSR count). The number of piperidine rings is 1. The van der Waals surface area contributed by atoms with Gasteiger partial charge in [-0.25, -0.2) is 4.98 Å². The first-order valence-corrected chi connectivity index (χ1v) is 9.42. The third kappa shape index (κ3) is 3.86. The summed E-state index contributed by atoms with van der Waals surface area (Å²) in [6.07, 6.45) is 5.64. The van der Waals surface area contributed by atoms with E-state index in [2.05, 4.69) is 32.4 Å². The topological polar surface area (TPSA) is 61.9 Å². The molecular weight excluding hydrogens is 332 g/mol. The highest BCUT2D eigenvalue weighted by atomic mass is 32.1. The van der Waals surface area contributed by atoms with Gasteiger partial charge < -0.3 is 4.98 Å². The Balaban J connectivity index is 1.56. The van der Waals surface area contributed by atoms with Gasteiger partial charge in [0.15, 0.2) is 0 Å². The SMILES string of the molecule is O=c1cc([C@H]2CCCN(Cc3cccs3)C2)nc(-c2ccncc2)[nH]1. The summed E-state index contributed by atoms with van der Waals surface area (Å²) < 4.78 is 0. The molecule has 6 heteroatoms. The maximum Gasteiger partial charge on any atom is 0.251 e. The van der Waals surface area contributed by atoms with Crippen LogP contribution in [0.4, 0.5) is 0 Å². The van der Waals surface area contributed by atoms with Crippen molar-refractivity contribution in [1.29, 1.82) is 0 Å². The van der Waals surface area contributed by atoms with Crippen LogP contribution in [0.1, 0.15) is 29.3 Å². The molecule has 1 aliphatic heterocycles. The molecule has 0 radical (unpaired) electrons. The summed E-state index contributed by atoms with van der Waals surface area (Å²) in [5.41, 5.74) is 1.69. The van der Waals surface area contributed by atoms with Crippen molar-refractivity contribution < 1.29 is 0 Å². The Bertz CT molecular complexity index is 876. The lowest BCUT2D eigenvalue weighted by Crippen LogP contribution is -2.34. The van der Waals surface area contributed by atoms with E-state index in [-0.39, 0.29) is 5.56 Å². The largest absolute Gasteiger partial charge is 0.307 e. The van der Waals surface area contributed by atoms with Gasteiger partial charge in [-0.2, -0.15) is 0 Å². The predicted octanol–water partition coefficient (Wildman–Crippen LogP) is 3.27. The Hall–Kier alpha value is -2.31. The summed E-state index contributed by atoms with van der Waals surface area (Å²) in [6, 6.07) is 9.67. The van der Waals surface area contributed by atoms with Crippen molar-refractivity contribution in [2.24, 2.45) is 0 Å². The van der Waals surface area contributed by atoms with Crippen molar-refractivity contribution in [2.45, 2.75) is 25.3 Å². The molecule has 1 atom stereocenters. The Morgan fingerprint density at radius 1 is 1.28 bits per heavy atom. The maximum atomic E-state index is 12.1. The molecule has 0 unspecified atom stereocenters. The van der Waals surface area contributed by atoms with Crippen LogP contribution < -0.4 is 5.56 Å². The second-order valence-corrected chi connectivity index (χ2v) is 7.44. The van der Waals surface area contributed by atoms with E-state index in [0.29, 0.717) is 11.7 Å². The quantitative estimate of drug-likeness (QED) is 0.783. The molecule has 0 bridgehead atoms. The van der Waals surface area contributed by atoms with Gasteiger partial charge in [-0.05, 0) is 43.0 Å². The molecule has 1 saturated heterocycles. The zero-order valence-corrected chi connectivity index (χ0v) is 14.7. The van der Waals surface area contributed by atoms with Gasteiger partial charge in [0.05, 0.1) is 5.69 Å². The minimum Gasteiger partial charge on any atom is -0.307 e. The summed E-state index contributed by atoms with van der Waals surface area (Å²) in [7, 11) is 0. The van der Waals surface area contributed by atoms with Gasteiger partial charge in [0.1, 0.15) is 5.82 Å². The van der Waals surface area contributed by atoms with Crippen LogP contribution in [-0.2, 0) is 6.54 Å². The molecule has 4 heterocycles. The average molecular weight is 352 g/mol. The summed E-state index contributed by atoms with van der Waals surface area (Å²) in [4.78, 5) is 27.6. The van der Waals surface area contributed by atoms with Crippen LogP contribution in [0.25, 0.3) is 11.4 Å². The lowest BCUT2D eigenvalue weighted by molar-refractivity contribution is 0.200. The molecule has 0 saturated carbocycles. The highest BCUT2D eigenvalue weighted by Crippen LogP contribution is 2.27. The molecule has 0 amide bonds. The first-order valence-electron chi connectivity index (χ1n) is 8.54. The van der Waals surface area contributed by atoms with E-state index in [1.165, 1.54) is 4.88 Å². The van der Waals surface area contributed by atoms with E-state index in [1.807, 2.05) is 12.1 Å². The Kier molecular flexibility index (Phi) is 4.72. The normalized spacial score (nSPS) is 18.3. The lowest BCUT2D eigenvalue weighted by atomic mass is 9.94. The van der Waals surface area contributed by atoms with E-state index < -0.39 is 0 Å². The standard InChI is InChI=1S/C19H20N4OS/c24-18-11-17(21-19(22-18)14-5-7-20-8-6-14)15-3-1-9-23(12-15)13-16-4-2-10-25-16/h2,4-8,10-11,15H,1,3,9,12-13H2,(H,21,22,24)/t15-/m0/s1. The van der Waals surface area contributed by atoms with E-state index in [0.717, 1.165) is 43.7 Å². The van der Waals surface area contributed by atoms with Crippen molar-refractivity contribution in [3.05, 3.63) is 69.0 Å². The molecule has 0 aliphatic carbocycles. The van der Waals surface area contributed by atoms with Crippen LogP contribution in [0.15, 0.2) is 52.9 Å². The monoisotopic (exact) mass is 352 g/mol. The molecule has 0 aromatic carbocycles. The van der Waals surface area contributed by atoms with Gasteiger partial charge in [0, 0.05) is 47.9 Å². The van der Waals surface area contributed by atoms with E-state index in [1.54, 1.807) is 29.8 Å². The van der Waals surface area contributed by atoms with Crippen LogP contribution in [0.3, 0.4) is 0 Å². The number of H-pyrrole nitrogens is 1. The first kappa shape index (κ1) is 16.2. The number of likely N-dealkylation sites (tertiary alicyclic amines) is 1. The summed E-state index contributed by atoms with van der Waals surface area (Å²) in [5.74, 6) is 0.928. The fraction of sp³-hybridized carbons (Fsp3) is 0.316. The number of aromatic nitrogens is 3. The van der Waals surface area contributed by atoms with Crippen molar-refractivity contribution in [3.63, 3.8) is 0 Å². The van der Waals surface area contributed by atoms with Crippen LogP contribution in [-0.4, -0.2) is 32.9 Å². The number of aromatic amines is 1. The predicted molar refractivity (Wildman–Crippen MR) is 99.7 cm³/mol. The van der Waals surface area contributed by atoms with Crippen LogP contribution in [0.5, 0.6) is 0 Å². The van der Waals surface area contributed by atoms with Crippen molar-refractivity contribution in [3.8, 4) is 11.4 Å². The van der Waals surface area contributed by atoms with Gasteiger partial charge in [-0.1, -0.05) is 6.07 Å². The Morgan fingerprint density at radius 2 is 2.16 bits per heavy atom. The van der Waals surface area contributed by atoms with Gasteiger partial charge in [0.25, 0.3) is 5.56 Å². The second kappa shape index (κ2) is 7.29. The van der Waals surface area contributed by atoms with Crippen LogP contribution >= 0.6 is 11.3 Å². The molecule has 3 aromatic rings. The number of nitrogens with zero attached hydrogens (tertiary/aromatic N) is 3. The zero-order valence-electron chi connectivity index (χ0n) is 13.9. The minimum absolute atomic E-state index is 0.0906. The van der Waals surface area contributed by atoms with E-state index >= 15 is 0 Å². The third-order valence-electron chi connectivity index (χ3n) is 4.60. The maximum absolute atomic E-state index is 12.1. The van der Waals surface area contributed by atoms with E-state index in [4.69, 9.17) is 4.98 Å². The average Bonchev–Trinajstić information content (AvgIpc) is 3.15. The molecule has 1 N–H and O–H groups in total. The second-order valence-electron chi connectivity index (χ2n) is 6.41. The minimum atomic E-state index is -0.0906. The van der Waals surface area contributed by atoms with Gasteiger partial charge >= 0.3 is 0 Å².